The van der Waals surface area contributed by atoms with Crippen LogP contribution in [0.3, 0.4) is 0 Å². The van der Waals surface area contributed by atoms with E-state index >= 15 is 0 Å². The number of carboxylic acids is 1. The first-order valence-corrected chi connectivity index (χ1v) is 9.81. The highest BCUT2D eigenvalue weighted by molar-refractivity contribution is 5.86. The number of hydrogen-bond donors (Lipinski definition) is 1. The average Bonchev–Trinajstić information content (AvgIpc) is 2.60. The molecule has 0 aromatic rings. The maximum absolute atomic E-state index is 10.8. The Balaban J connectivity index is 3.67. The summed E-state index contributed by atoms with van der Waals surface area (Å²) in [7, 11) is 0. The molecule has 0 aliphatic rings. The van der Waals surface area contributed by atoms with Crippen LogP contribution in [0.2, 0.25) is 0 Å². The number of aliphatic carboxylic acids is 1. The van der Waals surface area contributed by atoms with E-state index in [0.29, 0.717) is 12.0 Å². The molecule has 0 heterocycles. The van der Waals surface area contributed by atoms with Crippen LogP contribution < -0.4 is 0 Å². The van der Waals surface area contributed by atoms with Gasteiger partial charge >= 0.3 is 5.97 Å². The predicted octanol–water partition coefficient (Wildman–Crippen LogP) is 7.16. The van der Waals surface area contributed by atoms with Crippen molar-refractivity contribution in [3.63, 3.8) is 0 Å². The fourth-order valence-corrected chi connectivity index (χ4v) is 2.40. The van der Waals surface area contributed by atoms with Crippen LogP contribution in [0.15, 0.2) is 60.3 Å². The van der Waals surface area contributed by atoms with Gasteiger partial charge in [-0.05, 0) is 19.3 Å². The van der Waals surface area contributed by atoms with Crippen molar-refractivity contribution in [2.24, 2.45) is 0 Å². The van der Waals surface area contributed by atoms with Gasteiger partial charge in [-0.3, -0.25) is 0 Å². The van der Waals surface area contributed by atoms with E-state index in [2.05, 4.69) is 19.1 Å². The van der Waals surface area contributed by atoms with Gasteiger partial charge in [-0.15, -0.1) is 0 Å². The number of allylic oxidation sites excluding steroid dienone is 9. The third-order valence-corrected chi connectivity index (χ3v) is 3.98. The predicted molar refractivity (Wildman–Crippen MR) is 110 cm³/mol. The third-order valence-electron chi connectivity index (χ3n) is 3.98. The topological polar surface area (TPSA) is 37.3 Å². The standard InChI is InChI=1S/C23H36O2/c1-3-5-6-7-8-9-10-11-12-13-14-15-16-17-18-19-20-21-22(4-2)23(24)25/h13-21H,3-12H2,1-2H3,(H,24,25)/b14-13+,16-15+,18-17+,20-19+,22-21+. The van der Waals surface area contributed by atoms with E-state index < -0.39 is 5.97 Å². The fourth-order valence-electron chi connectivity index (χ4n) is 2.40. The molecule has 0 saturated heterocycles. The van der Waals surface area contributed by atoms with Crippen molar-refractivity contribution in [3.8, 4) is 0 Å². The lowest BCUT2D eigenvalue weighted by Gasteiger charge is -1.99. The molecule has 0 amide bonds. The second-order valence-corrected chi connectivity index (χ2v) is 6.20. The van der Waals surface area contributed by atoms with Crippen LogP contribution in [0, 0.1) is 0 Å². The lowest BCUT2D eigenvalue weighted by molar-refractivity contribution is -0.132. The summed E-state index contributed by atoms with van der Waals surface area (Å²) >= 11 is 0. The first-order chi connectivity index (χ1) is 12.2. The molecule has 0 saturated carbocycles. The molecule has 0 aromatic carbocycles. The Kier molecular flexibility index (Phi) is 17.2. The van der Waals surface area contributed by atoms with E-state index in [1.807, 2.05) is 37.3 Å². The molecule has 0 radical (unpaired) electrons. The Labute approximate surface area is 154 Å². The van der Waals surface area contributed by atoms with Gasteiger partial charge in [0.15, 0.2) is 0 Å². The smallest absolute Gasteiger partial charge is 0.331 e. The quantitative estimate of drug-likeness (QED) is 0.194. The SMILES string of the molecule is CCCCCCCCCC/C=C/C=C/C=C/C=C/C=C(\CC)C(=O)O. The molecule has 0 rings (SSSR count). The maximum atomic E-state index is 10.8. The summed E-state index contributed by atoms with van der Waals surface area (Å²) in [6, 6.07) is 0. The van der Waals surface area contributed by atoms with Crippen molar-refractivity contribution >= 4 is 5.97 Å². The largest absolute Gasteiger partial charge is 0.478 e. The zero-order valence-electron chi connectivity index (χ0n) is 16.1. The van der Waals surface area contributed by atoms with Crippen molar-refractivity contribution < 1.29 is 9.90 Å². The zero-order valence-corrected chi connectivity index (χ0v) is 16.1. The Morgan fingerprint density at radius 1 is 0.720 bits per heavy atom. The molecular formula is C23H36O2. The van der Waals surface area contributed by atoms with Gasteiger partial charge in [-0.2, -0.15) is 0 Å². The van der Waals surface area contributed by atoms with Gasteiger partial charge in [-0.25, -0.2) is 4.79 Å². The second kappa shape index (κ2) is 18.5. The summed E-state index contributed by atoms with van der Waals surface area (Å²) in [5.41, 5.74) is 0.420. The Hall–Kier alpha value is -1.83. The van der Waals surface area contributed by atoms with Crippen LogP contribution in [-0.2, 0) is 4.79 Å². The number of carboxylic acid groups (broad SMARTS) is 1. The van der Waals surface area contributed by atoms with Crippen molar-refractivity contribution in [1.29, 1.82) is 0 Å². The highest BCUT2D eigenvalue weighted by Gasteiger charge is 2.00. The molecule has 0 aromatic heterocycles. The van der Waals surface area contributed by atoms with Gasteiger partial charge in [0.25, 0.3) is 0 Å². The van der Waals surface area contributed by atoms with Gasteiger partial charge < -0.3 is 5.11 Å². The summed E-state index contributed by atoms with van der Waals surface area (Å²) in [5.74, 6) is -0.849. The number of carbonyl (C=O) groups is 1. The second-order valence-electron chi connectivity index (χ2n) is 6.20. The maximum Gasteiger partial charge on any atom is 0.331 e. The van der Waals surface area contributed by atoms with Crippen molar-refractivity contribution in [2.45, 2.75) is 78.1 Å². The molecule has 0 aliphatic heterocycles. The molecule has 0 atom stereocenters. The minimum atomic E-state index is -0.849. The molecular weight excluding hydrogens is 308 g/mol. The fraction of sp³-hybridized carbons (Fsp3) is 0.522. The summed E-state index contributed by atoms with van der Waals surface area (Å²) < 4.78 is 0. The average molecular weight is 345 g/mol. The van der Waals surface area contributed by atoms with Gasteiger partial charge in [0.1, 0.15) is 0 Å². The van der Waals surface area contributed by atoms with E-state index in [4.69, 9.17) is 5.11 Å². The van der Waals surface area contributed by atoms with Crippen molar-refractivity contribution in [1.82, 2.24) is 0 Å². The Bertz CT molecular complexity index is 464. The summed E-state index contributed by atoms with van der Waals surface area (Å²) in [5, 5.41) is 8.87. The molecule has 0 bridgehead atoms. The van der Waals surface area contributed by atoms with Crippen LogP contribution >= 0.6 is 0 Å². The number of hydrogen-bond acceptors (Lipinski definition) is 1. The molecule has 140 valence electrons. The lowest BCUT2D eigenvalue weighted by Crippen LogP contribution is -1.97. The molecule has 1 N–H and O–H groups in total. The van der Waals surface area contributed by atoms with Gasteiger partial charge in [0.2, 0.25) is 0 Å². The molecule has 25 heavy (non-hydrogen) atoms. The molecule has 0 spiro atoms. The monoisotopic (exact) mass is 344 g/mol. The van der Waals surface area contributed by atoms with Crippen LogP contribution in [0.25, 0.3) is 0 Å². The Morgan fingerprint density at radius 2 is 1.24 bits per heavy atom. The van der Waals surface area contributed by atoms with E-state index in [1.165, 1.54) is 51.4 Å². The normalized spacial score (nSPS) is 13.1. The van der Waals surface area contributed by atoms with Gasteiger partial charge in [0.05, 0.1) is 0 Å². The summed E-state index contributed by atoms with van der Waals surface area (Å²) in [6.45, 7) is 4.10. The van der Waals surface area contributed by atoms with Crippen LogP contribution in [0.4, 0.5) is 0 Å². The lowest BCUT2D eigenvalue weighted by atomic mass is 10.1. The summed E-state index contributed by atoms with van der Waals surface area (Å²) in [4.78, 5) is 10.8. The highest BCUT2D eigenvalue weighted by atomic mass is 16.4. The van der Waals surface area contributed by atoms with Gasteiger partial charge in [0, 0.05) is 5.57 Å². The Morgan fingerprint density at radius 3 is 1.80 bits per heavy atom. The van der Waals surface area contributed by atoms with Crippen LogP contribution in [0.5, 0.6) is 0 Å². The van der Waals surface area contributed by atoms with E-state index in [0.717, 1.165) is 6.42 Å². The third kappa shape index (κ3) is 16.8. The minimum absolute atomic E-state index is 0.420. The first kappa shape index (κ1) is 23.2. The van der Waals surface area contributed by atoms with E-state index in [9.17, 15) is 4.79 Å². The first-order valence-electron chi connectivity index (χ1n) is 9.81. The molecule has 2 heteroatoms. The van der Waals surface area contributed by atoms with Crippen molar-refractivity contribution in [2.75, 3.05) is 0 Å². The molecule has 0 unspecified atom stereocenters. The minimum Gasteiger partial charge on any atom is -0.478 e. The summed E-state index contributed by atoms with van der Waals surface area (Å²) in [6.07, 6.45) is 30.0. The van der Waals surface area contributed by atoms with E-state index in [-0.39, 0.29) is 0 Å². The van der Waals surface area contributed by atoms with Crippen LogP contribution in [0.1, 0.15) is 78.1 Å². The van der Waals surface area contributed by atoms with Gasteiger partial charge in [-0.1, -0.05) is 113 Å². The number of unbranched alkanes of at least 4 members (excludes halogenated alkanes) is 8. The van der Waals surface area contributed by atoms with E-state index in [1.54, 1.807) is 12.2 Å². The van der Waals surface area contributed by atoms with Crippen LogP contribution in [-0.4, -0.2) is 11.1 Å². The molecule has 0 aliphatic carbocycles. The molecule has 0 fully saturated rings. The zero-order chi connectivity index (χ0) is 18.6. The number of rotatable bonds is 15. The molecule has 2 nitrogen and oxygen atoms in total. The highest BCUT2D eigenvalue weighted by Crippen LogP contribution is 2.09. The van der Waals surface area contributed by atoms with Crippen molar-refractivity contribution in [3.05, 3.63) is 60.3 Å².